The van der Waals surface area contributed by atoms with Gasteiger partial charge in [-0.05, 0) is 36.4 Å². The Kier molecular flexibility index (Phi) is 3.92. The van der Waals surface area contributed by atoms with Crippen molar-refractivity contribution in [3.63, 3.8) is 0 Å². The first-order valence-electron chi connectivity index (χ1n) is 5.86. The lowest BCUT2D eigenvalue weighted by Gasteiger charge is -2.18. The summed E-state index contributed by atoms with van der Waals surface area (Å²) in [6, 6.07) is 13.6. The van der Waals surface area contributed by atoms with Crippen LogP contribution in [0.15, 0.2) is 42.5 Å². The molecular formula is C15H12ClN3O. The van der Waals surface area contributed by atoms with Crippen molar-refractivity contribution >= 4 is 28.9 Å². The molecule has 20 heavy (non-hydrogen) atoms. The smallest absolute Gasteiger partial charge is 0.259 e. The monoisotopic (exact) mass is 285 g/mol. The van der Waals surface area contributed by atoms with E-state index in [9.17, 15) is 4.79 Å². The molecule has 2 aromatic carbocycles. The Hall–Kier alpha value is -2.51. The maximum atomic E-state index is 12.4. The van der Waals surface area contributed by atoms with Crippen LogP contribution in [0.4, 0.5) is 11.4 Å². The van der Waals surface area contributed by atoms with Gasteiger partial charge in [-0.3, -0.25) is 4.79 Å². The van der Waals surface area contributed by atoms with E-state index in [1.807, 2.05) is 6.07 Å². The van der Waals surface area contributed by atoms with E-state index < -0.39 is 0 Å². The fraction of sp³-hybridized carbons (Fsp3) is 0.0667. The van der Waals surface area contributed by atoms with Crippen LogP contribution in [0.5, 0.6) is 0 Å². The van der Waals surface area contributed by atoms with E-state index in [1.165, 1.54) is 11.0 Å². The third-order valence-electron chi connectivity index (χ3n) is 2.89. The number of carbonyl (C=O) groups is 1. The number of nitrogens with zero attached hydrogens (tertiary/aromatic N) is 2. The summed E-state index contributed by atoms with van der Waals surface area (Å²) in [4.78, 5) is 13.8. The Morgan fingerprint density at radius 3 is 2.70 bits per heavy atom. The predicted octanol–water partition coefficient (Wildman–Crippen LogP) is 3.07. The highest BCUT2D eigenvalue weighted by Gasteiger charge is 2.16. The molecule has 100 valence electrons. The summed E-state index contributed by atoms with van der Waals surface area (Å²) in [7, 11) is 1.63. The summed E-state index contributed by atoms with van der Waals surface area (Å²) in [5.74, 6) is -0.259. The number of nitrogens with two attached hydrogens (primary N) is 1. The Morgan fingerprint density at radius 2 is 2.05 bits per heavy atom. The number of rotatable bonds is 2. The standard InChI is InChI=1S/C15H12ClN3O/c1-19(12-4-2-3-10(7-12)9-17)15(20)13-6-5-11(18)8-14(13)16/h2-8H,18H2,1H3. The average Bonchev–Trinajstić information content (AvgIpc) is 2.46. The molecule has 0 atom stereocenters. The molecule has 0 radical (unpaired) electrons. The summed E-state index contributed by atoms with van der Waals surface area (Å²) in [5, 5.41) is 9.19. The molecule has 0 bridgehead atoms. The summed E-state index contributed by atoms with van der Waals surface area (Å²) in [5.41, 5.74) is 7.59. The van der Waals surface area contributed by atoms with Gasteiger partial charge < -0.3 is 10.6 Å². The molecule has 0 aliphatic rings. The van der Waals surface area contributed by atoms with E-state index in [4.69, 9.17) is 22.6 Å². The Bertz CT molecular complexity index is 707. The molecule has 0 heterocycles. The first kappa shape index (κ1) is 13.9. The molecule has 0 fully saturated rings. The second kappa shape index (κ2) is 5.64. The molecule has 0 aliphatic heterocycles. The van der Waals surface area contributed by atoms with Crippen molar-refractivity contribution in [3.05, 3.63) is 58.6 Å². The number of halogens is 1. The van der Waals surface area contributed by atoms with E-state index >= 15 is 0 Å². The van der Waals surface area contributed by atoms with Gasteiger partial charge in [-0.2, -0.15) is 5.26 Å². The zero-order chi connectivity index (χ0) is 14.7. The average molecular weight is 286 g/mol. The van der Waals surface area contributed by atoms with Gasteiger partial charge in [-0.15, -0.1) is 0 Å². The minimum atomic E-state index is -0.259. The molecule has 5 heteroatoms. The van der Waals surface area contributed by atoms with Crippen molar-refractivity contribution in [1.82, 2.24) is 0 Å². The van der Waals surface area contributed by atoms with E-state index in [-0.39, 0.29) is 5.91 Å². The zero-order valence-corrected chi connectivity index (χ0v) is 11.6. The quantitative estimate of drug-likeness (QED) is 0.862. The molecule has 4 nitrogen and oxygen atoms in total. The molecule has 0 unspecified atom stereocenters. The molecular weight excluding hydrogens is 274 g/mol. The topological polar surface area (TPSA) is 70.1 Å². The van der Waals surface area contributed by atoms with Crippen LogP contribution < -0.4 is 10.6 Å². The van der Waals surface area contributed by atoms with Crippen molar-refractivity contribution in [1.29, 1.82) is 5.26 Å². The van der Waals surface area contributed by atoms with Gasteiger partial charge in [0, 0.05) is 18.4 Å². The highest BCUT2D eigenvalue weighted by molar-refractivity contribution is 6.34. The zero-order valence-electron chi connectivity index (χ0n) is 10.8. The number of carbonyl (C=O) groups excluding carboxylic acids is 1. The van der Waals surface area contributed by atoms with Crippen LogP contribution in [0.25, 0.3) is 0 Å². The summed E-state index contributed by atoms with van der Waals surface area (Å²) >= 11 is 6.03. The summed E-state index contributed by atoms with van der Waals surface area (Å²) < 4.78 is 0. The fourth-order valence-corrected chi connectivity index (χ4v) is 2.06. The number of amides is 1. The van der Waals surface area contributed by atoms with Gasteiger partial charge in [0.25, 0.3) is 5.91 Å². The molecule has 2 N–H and O–H groups in total. The van der Waals surface area contributed by atoms with Crippen molar-refractivity contribution in [2.75, 3.05) is 17.7 Å². The number of nitriles is 1. The highest BCUT2D eigenvalue weighted by Crippen LogP contribution is 2.23. The number of anilines is 2. The van der Waals surface area contributed by atoms with Crippen molar-refractivity contribution < 1.29 is 4.79 Å². The Morgan fingerprint density at radius 1 is 1.30 bits per heavy atom. The lowest BCUT2D eigenvalue weighted by Crippen LogP contribution is -2.26. The lowest BCUT2D eigenvalue weighted by atomic mass is 10.1. The first-order valence-corrected chi connectivity index (χ1v) is 6.24. The Labute approximate surface area is 122 Å². The second-order valence-corrected chi connectivity index (χ2v) is 4.67. The molecule has 0 spiro atoms. The van der Waals surface area contributed by atoms with E-state index in [1.54, 1.807) is 43.4 Å². The predicted molar refractivity (Wildman–Crippen MR) is 79.8 cm³/mol. The van der Waals surface area contributed by atoms with Crippen LogP contribution in [0, 0.1) is 11.3 Å². The van der Waals surface area contributed by atoms with Gasteiger partial charge in [-0.25, -0.2) is 0 Å². The summed E-state index contributed by atoms with van der Waals surface area (Å²) in [6.07, 6.45) is 0. The Balaban J connectivity index is 2.35. The molecule has 1 amide bonds. The number of hydrogen-bond acceptors (Lipinski definition) is 3. The normalized spacial score (nSPS) is 9.85. The van der Waals surface area contributed by atoms with Crippen LogP contribution in [0.1, 0.15) is 15.9 Å². The van der Waals surface area contributed by atoms with Gasteiger partial charge in [0.1, 0.15) is 0 Å². The summed E-state index contributed by atoms with van der Waals surface area (Å²) in [6.45, 7) is 0. The second-order valence-electron chi connectivity index (χ2n) is 4.27. The van der Waals surface area contributed by atoms with Crippen molar-refractivity contribution in [2.24, 2.45) is 0 Å². The third-order valence-corrected chi connectivity index (χ3v) is 3.20. The molecule has 0 saturated carbocycles. The minimum Gasteiger partial charge on any atom is -0.399 e. The highest BCUT2D eigenvalue weighted by atomic mass is 35.5. The SMILES string of the molecule is CN(C(=O)c1ccc(N)cc1Cl)c1cccc(C#N)c1. The van der Waals surface area contributed by atoms with Gasteiger partial charge in [0.2, 0.25) is 0 Å². The van der Waals surface area contributed by atoms with Crippen LogP contribution in [-0.2, 0) is 0 Å². The largest absolute Gasteiger partial charge is 0.399 e. The number of benzene rings is 2. The van der Waals surface area contributed by atoms with Crippen LogP contribution in [-0.4, -0.2) is 13.0 Å². The molecule has 0 aliphatic carbocycles. The van der Waals surface area contributed by atoms with Gasteiger partial charge in [-0.1, -0.05) is 17.7 Å². The van der Waals surface area contributed by atoms with E-state index in [0.29, 0.717) is 27.5 Å². The van der Waals surface area contributed by atoms with E-state index in [2.05, 4.69) is 0 Å². The lowest BCUT2D eigenvalue weighted by molar-refractivity contribution is 0.0993. The van der Waals surface area contributed by atoms with Gasteiger partial charge in [0.05, 0.1) is 22.2 Å². The molecule has 2 aromatic rings. The van der Waals surface area contributed by atoms with Gasteiger partial charge in [0.15, 0.2) is 0 Å². The van der Waals surface area contributed by atoms with Crippen molar-refractivity contribution in [3.8, 4) is 6.07 Å². The molecule has 2 rings (SSSR count). The minimum absolute atomic E-state index is 0.259. The maximum absolute atomic E-state index is 12.4. The third kappa shape index (κ3) is 2.73. The van der Waals surface area contributed by atoms with Crippen molar-refractivity contribution in [2.45, 2.75) is 0 Å². The van der Waals surface area contributed by atoms with Crippen LogP contribution in [0.2, 0.25) is 5.02 Å². The maximum Gasteiger partial charge on any atom is 0.259 e. The number of nitrogen functional groups attached to an aromatic ring is 1. The van der Waals surface area contributed by atoms with Crippen LogP contribution in [0.3, 0.4) is 0 Å². The first-order chi connectivity index (χ1) is 9.52. The molecule has 0 aromatic heterocycles. The fourth-order valence-electron chi connectivity index (χ4n) is 1.79. The van der Waals surface area contributed by atoms with Crippen LogP contribution >= 0.6 is 11.6 Å². The number of hydrogen-bond donors (Lipinski definition) is 1. The van der Waals surface area contributed by atoms with Gasteiger partial charge >= 0.3 is 0 Å². The molecule has 0 saturated heterocycles. The van der Waals surface area contributed by atoms with E-state index in [0.717, 1.165) is 0 Å².